The van der Waals surface area contributed by atoms with Crippen LogP contribution in [0.25, 0.3) is 10.8 Å². The summed E-state index contributed by atoms with van der Waals surface area (Å²) in [4.78, 5) is 10.6. The van der Waals surface area contributed by atoms with Gasteiger partial charge in [0.2, 0.25) is 0 Å². The molecule has 0 saturated carbocycles. The molecule has 0 unspecified atom stereocenters. The van der Waals surface area contributed by atoms with E-state index in [-0.39, 0.29) is 12.6 Å². The van der Waals surface area contributed by atoms with Crippen LogP contribution in [-0.2, 0) is 9.53 Å². The van der Waals surface area contributed by atoms with Gasteiger partial charge in [0.15, 0.2) is 0 Å². The van der Waals surface area contributed by atoms with Gasteiger partial charge >= 0.3 is 5.97 Å². The maximum absolute atomic E-state index is 10.6. The van der Waals surface area contributed by atoms with Crippen molar-refractivity contribution in [1.82, 2.24) is 0 Å². The van der Waals surface area contributed by atoms with E-state index in [1.54, 1.807) is 0 Å². The molecule has 0 spiro atoms. The molecule has 0 saturated heterocycles. The smallest absolute Gasteiger partial charge is 0.302 e. The number of esters is 1. The molecule has 0 heterocycles. The Balaban J connectivity index is 1.97. The van der Waals surface area contributed by atoms with Crippen molar-refractivity contribution in [2.24, 2.45) is 0 Å². The molecule has 0 aromatic heterocycles. The second-order valence-electron chi connectivity index (χ2n) is 3.70. The minimum atomic E-state index is -0.285. The van der Waals surface area contributed by atoms with E-state index < -0.39 is 0 Å². The first-order valence-electron chi connectivity index (χ1n) is 5.51. The summed E-state index contributed by atoms with van der Waals surface area (Å²) in [5, 5.41) is 2.32. The van der Waals surface area contributed by atoms with Crippen molar-refractivity contribution in [1.29, 1.82) is 0 Å². The Morgan fingerprint density at radius 2 is 1.82 bits per heavy atom. The summed E-state index contributed by atoms with van der Waals surface area (Å²) in [5.41, 5.74) is 0. The van der Waals surface area contributed by atoms with E-state index in [1.807, 2.05) is 36.4 Å². The van der Waals surface area contributed by atoms with Crippen molar-refractivity contribution in [2.45, 2.75) is 6.92 Å². The fourth-order valence-electron chi connectivity index (χ4n) is 1.60. The molecule has 0 atom stereocenters. The molecule has 88 valence electrons. The van der Waals surface area contributed by atoms with Crippen LogP contribution in [0.4, 0.5) is 0 Å². The summed E-state index contributed by atoms with van der Waals surface area (Å²) in [5.74, 6) is 0.503. The number of hydrogen-bond acceptors (Lipinski definition) is 3. The lowest BCUT2D eigenvalue weighted by molar-refractivity contribution is -0.141. The lowest BCUT2D eigenvalue weighted by atomic mass is 10.1. The maximum Gasteiger partial charge on any atom is 0.302 e. The Bertz CT molecular complexity index is 520. The standard InChI is InChI=1S/C14H14O3/c1-11(15)16-8-9-17-14-7-6-12-4-2-3-5-13(12)10-14/h2-7,10H,8-9H2,1H3. The second kappa shape index (κ2) is 5.34. The highest BCUT2D eigenvalue weighted by Crippen LogP contribution is 2.20. The van der Waals surface area contributed by atoms with Gasteiger partial charge in [0, 0.05) is 6.92 Å². The monoisotopic (exact) mass is 230 g/mol. The fourth-order valence-corrected chi connectivity index (χ4v) is 1.60. The van der Waals surface area contributed by atoms with Crippen LogP contribution in [0.5, 0.6) is 5.75 Å². The summed E-state index contributed by atoms with van der Waals surface area (Å²) in [6.45, 7) is 2.04. The minimum absolute atomic E-state index is 0.280. The van der Waals surface area contributed by atoms with Gasteiger partial charge in [-0.25, -0.2) is 0 Å². The van der Waals surface area contributed by atoms with Crippen LogP contribution in [0.2, 0.25) is 0 Å². The number of hydrogen-bond donors (Lipinski definition) is 0. The van der Waals surface area contributed by atoms with Gasteiger partial charge < -0.3 is 9.47 Å². The summed E-state index contributed by atoms with van der Waals surface area (Å²) in [7, 11) is 0. The third-order valence-corrected chi connectivity index (χ3v) is 2.38. The van der Waals surface area contributed by atoms with Gasteiger partial charge in [0.05, 0.1) is 0 Å². The van der Waals surface area contributed by atoms with E-state index in [0.717, 1.165) is 11.1 Å². The number of carbonyl (C=O) groups is 1. The van der Waals surface area contributed by atoms with E-state index in [1.165, 1.54) is 12.3 Å². The Morgan fingerprint density at radius 3 is 2.59 bits per heavy atom. The number of benzene rings is 2. The van der Waals surface area contributed by atoms with Gasteiger partial charge in [0.1, 0.15) is 19.0 Å². The average Bonchev–Trinajstić information content (AvgIpc) is 2.34. The zero-order chi connectivity index (χ0) is 12.1. The molecule has 17 heavy (non-hydrogen) atoms. The normalized spacial score (nSPS) is 10.2. The van der Waals surface area contributed by atoms with Crippen LogP contribution in [0.3, 0.4) is 0 Å². The molecule has 3 nitrogen and oxygen atoms in total. The third-order valence-electron chi connectivity index (χ3n) is 2.38. The molecule has 2 aromatic rings. The van der Waals surface area contributed by atoms with E-state index in [9.17, 15) is 4.79 Å². The summed E-state index contributed by atoms with van der Waals surface area (Å²) in [6.07, 6.45) is 0. The first-order valence-corrected chi connectivity index (χ1v) is 5.51. The molecular formula is C14H14O3. The Hall–Kier alpha value is -2.03. The highest BCUT2D eigenvalue weighted by atomic mass is 16.6. The number of ether oxygens (including phenoxy) is 2. The lowest BCUT2D eigenvalue weighted by Crippen LogP contribution is -2.09. The molecule has 0 aliphatic carbocycles. The highest BCUT2D eigenvalue weighted by Gasteiger charge is 1.97. The molecule has 0 amide bonds. The molecular weight excluding hydrogens is 216 g/mol. The van der Waals surface area contributed by atoms with Gasteiger partial charge in [-0.15, -0.1) is 0 Å². The molecule has 0 fully saturated rings. The van der Waals surface area contributed by atoms with Crippen LogP contribution in [0.1, 0.15) is 6.92 Å². The predicted octanol–water partition coefficient (Wildman–Crippen LogP) is 2.78. The molecule has 0 aliphatic rings. The van der Waals surface area contributed by atoms with Gasteiger partial charge in [-0.1, -0.05) is 30.3 Å². The van der Waals surface area contributed by atoms with Crippen molar-refractivity contribution in [3.63, 3.8) is 0 Å². The number of fused-ring (bicyclic) bond motifs is 1. The van der Waals surface area contributed by atoms with E-state index >= 15 is 0 Å². The largest absolute Gasteiger partial charge is 0.490 e. The van der Waals surface area contributed by atoms with Crippen LogP contribution >= 0.6 is 0 Å². The number of carbonyl (C=O) groups excluding carboxylic acids is 1. The lowest BCUT2D eigenvalue weighted by Gasteiger charge is -2.07. The van der Waals surface area contributed by atoms with Crippen LogP contribution in [0.15, 0.2) is 42.5 Å². The van der Waals surface area contributed by atoms with Crippen molar-refractivity contribution in [3.05, 3.63) is 42.5 Å². The van der Waals surface area contributed by atoms with Crippen LogP contribution < -0.4 is 4.74 Å². The first-order chi connectivity index (χ1) is 8.25. The summed E-state index contributed by atoms with van der Waals surface area (Å²) >= 11 is 0. The third kappa shape index (κ3) is 3.21. The molecule has 0 aliphatic heterocycles. The summed E-state index contributed by atoms with van der Waals surface area (Å²) < 4.78 is 10.3. The van der Waals surface area contributed by atoms with Crippen molar-refractivity contribution < 1.29 is 14.3 Å². The second-order valence-corrected chi connectivity index (χ2v) is 3.70. The number of rotatable bonds is 4. The fraction of sp³-hybridized carbons (Fsp3) is 0.214. The van der Waals surface area contributed by atoms with Gasteiger partial charge in [-0.05, 0) is 22.9 Å². The van der Waals surface area contributed by atoms with E-state index in [2.05, 4.69) is 6.07 Å². The molecule has 0 N–H and O–H groups in total. The quantitative estimate of drug-likeness (QED) is 0.598. The maximum atomic E-state index is 10.6. The molecule has 0 bridgehead atoms. The van der Waals surface area contributed by atoms with Crippen LogP contribution in [-0.4, -0.2) is 19.2 Å². The SMILES string of the molecule is CC(=O)OCCOc1ccc2ccccc2c1. The van der Waals surface area contributed by atoms with Crippen molar-refractivity contribution >= 4 is 16.7 Å². The Kier molecular flexibility index (Phi) is 3.60. The Labute approximate surface area is 100.0 Å². The predicted molar refractivity (Wildman–Crippen MR) is 66.1 cm³/mol. The van der Waals surface area contributed by atoms with E-state index in [0.29, 0.717) is 6.61 Å². The molecule has 2 aromatic carbocycles. The van der Waals surface area contributed by atoms with Crippen molar-refractivity contribution in [3.8, 4) is 5.75 Å². The van der Waals surface area contributed by atoms with Gasteiger partial charge in [-0.2, -0.15) is 0 Å². The van der Waals surface area contributed by atoms with Crippen molar-refractivity contribution in [2.75, 3.05) is 13.2 Å². The first kappa shape index (κ1) is 11.5. The summed E-state index contributed by atoms with van der Waals surface area (Å²) in [6, 6.07) is 14.0. The molecule has 2 rings (SSSR count). The van der Waals surface area contributed by atoms with E-state index in [4.69, 9.17) is 9.47 Å². The zero-order valence-corrected chi connectivity index (χ0v) is 9.68. The average molecular weight is 230 g/mol. The molecule has 3 heteroatoms. The Morgan fingerprint density at radius 1 is 1.06 bits per heavy atom. The van der Waals surface area contributed by atoms with Gasteiger partial charge in [0.25, 0.3) is 0 Å². The van der Waals surface area contributed by atoms with Crippen LogP contribution in [0, 0.1) is 0 Å². The van der Waals surface area contributed by atoms with Gasteiger partial charge in [-0.3, -0.25) is 4.79 Å². The topological polar surface area (TPSA) is 35.5 Å². The zero-order valence-electron chi connectivity index (χ0n) is 9.68. The molecule has 0 radical (unpaired) electrons. The highest BCUT2D eigenvalue weighted by molar-refractivity contribution is 5.83. The minimum Gasteiger partial charge on any atom is -0.490 e.